The van der Waals surface area contributed by atoms with Crippen molar-refractivity contribution in [1.29, 1.82) is 0 Å². The number of aryl methyl sites for hydroxylation is 1. The van der Waals surface area contributed by atoms with Crippen LogP contribution in [0.15, 0.2) is 66.7 Å². The summed E-state index contributed by atoms with van der Waals surface area (Å²) in [6.45, 7) is 7.42. The standard InChI is InChI=1S/C33H40N2O4S/c1-32(2,39)28-10-6-5-8-26(28)13-14-29(40-33(15-16-33)22-30(36)37)31(38)35-19-17-34(18-20-35)23-24-11-12-25-7-3-4-9-27(25)21-24/h3-12,21,29,39H,13-20,22-23H2,1-2H3,(H,36,37)/t29-/m0/s1. The van der Waals surface area contributed by atoms with Crippen molar-refractivity contribution < 1.29 is 19.8 Å². The lowest BCUT2D eigenvalue weighted by atomic mass is 9.91. The highest BCUT2D eigenvalue weighted by Crippen LogP contribution is 2.53. The van der Waals surface area contributed by atoms with Crippen LogP contribution in [0.25, 0.3) is 10.8 Å². The molecule has 3 aromatic carbocycles. The van der Waals surface area contributed by atoms with Crippen molar-refractivity contribution in [2.24, 2.45) is 0 Å². The van der Waals surface area contributed by atoms with Gasteiger partial charge >= 0.3 is 5.97 Å². The molecule has 1 aliphatic carbocycles. The summed E-state index contributed by atoms with van der Waals surface area (Å²) in [4.78, 5) is 29.8. The number of carbonyl (C=O) groups is 2. The molecule has 2 fully saturated rings. The van der Waals surface area contributed by atoms with E-state index in [1.807, 2.05) is 29.2 Å². The molecule has 1 heterocycles. The number of hydrogen-bond donors (Lipinski definition) is 2. The van der Waals surface area contributed by atoms with Crippen LogP contribution in [-0.2, 0) is 28.2 Å². The quantitative estimate of drug-likeness (QED) is 0.325. The Labute approximate surface area is 241 Å². The normalized spacial score (nSPS) is 18.0. The van der Waals surface area contributed by atoms with Crippen LogP contribution < -0.4 is 0 Å². The number of carboxylic acid groups (broad SMARTS) is 1. The second-order valence-electron chi connectivity index (χ2n) is 11.9. The van der Waals surface area contributed by atoms with Gasteiger partial charge in [0.05, 0.1) is 17.3 Å². The minimum Gasteiger partial charge on any atom is -0.481 e. The van der Waals surface area contributed by atoms with Crippen molar-refractivity contribution in [2.75, 3.05) is 26.2 Å². The molecule has 5 rings (SSSR count). The van der Waals surface area contributed by atoms with Crippen molar-refractivity contribution >= 4 is 34.4 Å². The highest BCUT2D eigenvalue weighted by atomic mass is 32.2. The number of hydrogen-bond acceptors (Lipinski definition) is 5. The predicted octanol–water partition coefficient (Wildman–Crippen LogP) is 5.45. The van der Waals surface area contributed by atoms with Gasteiger partial charge in [-0.15, -0.1) is 11.8 Å². The summed E-state index contributed by atoms with van der Waals surface area (Å²) < 4.78 is -0.333. The maximum Gasteiger partial charge on any atom is 0.304 e. The first kappa shape index (κ1) is 28.7. The zero-order valence-electron chi connectivity index (χ0n) is 23.5. The van der Waals surface area contributed by atoms with Crippen molar-refractivity contribution in [1.82, 2.24) is 9.80 Å². The fourth-order valence-corrected chi connectivity index (χ4v) is 7.47. The third kappa shape index (κ3) is 7.06. The molecule has 2 aliphatic rings. The zero-order valence-corrected chi connectivity index (χ0v) is 24.3. The van der Waals surface area contributed by atoms with E-state index in [2.05, 4.69) is 47.4 Å². The molecule has 1 saturated carbocycles. The number of carbonyl (C=O) groups excluding carboxylic acids is 1. The van der Waals surface area contributed by atoms with E-state index in [9.17, 15) is 19.8 Å². The lowest BCUT2D eigenvalue weighted by Gasteiger charge is -2.37. The summed E-state index contributed by atoms with van der Waals surface area (Å²) in [5.41, 5.74) is 2.23. The summed E-state index contributed by atoms with van der Waals surface area (Å²) in [5, 5.41) is 22.4. The molecule has 212 valence electrons. The van der Waals surface area contributed by atoms with E-state index < -0.39 is 11.6 Å². The van der Waals surface area contributed by atoms with E-state index in [4.69, 9.17) is 0 Å². The average molecular weight is 561 g/mol. The molecule has 0 spiro atoms. The summed E-state index contributed by atoms with van der Waals surface area (Å²) >= 11 is 1.58. The topological polar surface area (TPSA) is 81.1 Å². The molecule has 2 N–H and O–H groups in total. The van der Waals surface area contributed by atoms with E-state index in [0.717, 1.165) is 43.6 Å². The first-order valence-electron chi connectivity index (χ1n) is 14.3. The van der Waals surface area contributed by atoms with Gasteiger partial charge in [-0.1, -0.05) is 60.7 Å². The highest BCUT2D eigenvalue weighted by Gasteiger charge is 2.48. The van der Waals surface area contributed by atoms with Gasteiger partial charge < -0.3 is 15.1 Å². The molecule has 0 radical (unpaired) electrons. The maximum atomic E-state index is 13.9. The number of fused-ring (bicyclic) bond motifs is 1. The van der Waals surface area contributed by atoms with Crippen LogP contribution in [0.5, 0.6) is 0 Å². The van der Waals surface area contributed by atoms with E-state index in [-0.39, 0.29) is 22.3 Å². The molecule has 40 heavy (non-hydrogen) atoms. The van der Waals surface area contributed by atoms with Crippen LogP contribution in [-0.4, -0.2) is 68.1 Å². The molecular weight excluding hydrogens is 520 g/mol. The first-order valence-corrected chi connectivity index (χ1v) is 15.2. The van der Waals surface area contributed by atoms with Gasteiger partial charge in [0.1, 0.15) is 0 Å². The van der Waals surface area contributed by atoms with Gasteiger partial charge in [-0.05, 0) is 73.1 Å². The number of thioether (sulfide) groups is 1. The molecule has 6 nitrogen and oxygen atoms in total. The average Bonchev–Trinajstić information content (AvgIpc) is 3.68. The second kappa shape index (κ2) is 11.9. The van der Waals surface area contributed by atoms with Gasteiger partial charge in [-0.3, -0.25) is 14.5 Å². The minimum absolute atomic E-state index is 0.0985. The molecule has 1 aliphatic heterocycles. The Kier molecular flexibility index (Phi) is 8.55. The lowest BCUT2D eigenvalue weighted by Crippen LogP contribution is -2.51. The molecule has 1 saturated heterocycles. The van der Waals surface area contributed by atoms with Crippen molar-refractivity contribution in [2.45, 2.75) is 68.1 Å². The Morgan fingerprint density at radius 3 is 2.30 bits per heavy atom. The van der Waals surface area contributed by atoms with Crippen LogP contribution in [0.4, 0.5) is 0 Å². The maximum absolute atomic E-state index is 13.9. The van der Waals surface area contributed by atoms with Crippen LogP contribution in [0, 0.1) is 0 Å². The SMILES string of the molecule is CC(C)(O)c1ccccc1CC[C@H](SC1(CC(=O)O)CC1)C(=O)N1CCN(Cc2ccc3ccccc3c2)CC1. The fraction of sp³-hybridized carbons (Fsp3) is 0.455. The monoisotopic (exact) mass is 560 g/mol. The van der Waals surface area contributed by atoms with Crippen molar-refractivity contribution in [3.63, 3.8) is 0 Å². The molecule has 1 atom stereocenters. The largest absolute Gasteiger partial charge is 0.481 e. The highest BCUT2D eigenvalue weighted by molar-refractivity contribution is 8.02. The third-order valence-corrected chi connectivity index (χ3v) is 9.98. The van der Waals surface area contributed by atoms with Gasteiger partial charge in [0.15, 0.2) is 0 Å². The Balaban J connectivity index is 1.24. The van der Waals surface area contributed by atoms with Crippen LogP contribution >= 0.6 is 11.8 Å². The first-order chi connectivity index (χ1) is 19.1. The fourth-order valence-electron chi connectivity index (χ4n) is 5.83. The zero-order chi connectivity index (χ0) is 28.3. The van der Waals surface area contributed by atoms with E-state index >= 15 is 0 Å². The smallest absolute Gasteiger partial charge is 0.304 e. The Morgan fingerprint density at radius 1 is 0.950 bits per heavy atom. The number of rotatable bonds is 11. The summed E-state index contributed by atoms with van der Waals surface area (Å²) in [5.74, 6) is -0.682. The Bertz CT molecular complexity index is 1360. The van der Waals surface area contributed by atoms with Crippen LogP contribution in [0.2, 0.25) is 0 Å². The minimum atomic E-state index is -0.967. The molecule has 0 bridgehead atoms. The molecule has 7 heteroatoms. The molecule has 0 aromatic heterocycles. The van der Waals surface area contributed by atoms with Crippen LogP contribution in [0.1, 0.15) is 56.2 Å². The summed E-state index contributed by atoms with van der Waals surface area (Å²) in [6.07, 6.45) is 3.06. The molecule has 0 unspecified atom stereocenters. The third-order valence-electron chi connectivity index (χ3n) is 8.21. The van der Waals surface area contributed by atoms with Gasteiger partial charge in [0.2, 0.25) is 5.91 Å². The second-order valence-corrected chi connectivity index (χ2v) is 13.6. The van der Waals surface area contributed by atoms with Crippen molar-refractivity contribution in [3.8, 4) is 0 Å². The number of benzene rings is 3. The molecular formula is C33H40N2O4S. The Morgan fingerprint density at radius 2 is 1.62 bits per heavy atom. The van der Waals surface area contributed by atoms with Gasteiger partial charge in [-0.2, -0.15) is 0 Å². The summed E-state index contributed by atoms with van der Waals surface area (Å²) in [6, 6.07) is 22.9. The summed E-state index contributed by atoms with van der Waals surface area (Å²) in [7, 11) is 0. The number of aliphatic hydroxyl groups is 1. The number of nitrogens with zero attached hydrogens (tertiary/aromatic N) is 2. The number of amides is 1. The van der Waals surface area contributed by atoms with E-state index in [1.165, 1.54) is 16.3 Å². The van der Waals surface area contributed by atoms with Crippen LogP contribution in [0.3, 0.4) is 0 Å². The van der Waals surface area contributed by atoms with E-state index in [1.54, 1.807) is 25.6 Å². The lowest BCUT2D eigenvalue weighted by molar-refractivity contribution is -0.137. The van der Waals surface area contributed by atoms with Gasteiger partial charge in [0, 0.05) is 37.5 Å². The van der Waals surface area contributed by atoms with E-state index in [0.29, 0.717) is 25.9 Å². The van der Waals surface area contributed by atoms with Gasteiger partial charge in [0.25, 0.3) is 0 Å². The number of aliphatic carboxylic acids is 1. The van der Waals surface area contributed by atoms with Gasteiger partial charge in [-0.25, -0.2) is 0 Å². The number of carboxylic acids is 1. The molecule has 1 amide bonds. The van der Waals surface area contributed by atoms with Crippen molar-refractivity contribution in [3.05, 3.63) is 83.4 Å². The number of piperazine rings is 1. The molecule has 3 aromatic rings. The Hall–Kier alpha value is -2.87. The predicted molar refractivity (Wildman–Crippen MR) is 161 cm³/mol.